The van der Waals surface area contributed by atoms with Crippen LogP contribution in [0.15, 0.2) is 40.9 Å². The molecule has 3 aromatic rings. The molecule has 19 heavy (non-hydrogen) atoms. The maximum absolute atomic E-state index is 13.1. The molecule has 0 spiro atoms. The molecule has 0 fully saturated rings. The van der Waals surface area contributed by atoms with Crippen molar-refractivity contribution < 1.29 is 4.39 Å². The van der Waals surface area contributed by atoms with Gasteiger partial charge in [-0.1, -0.05) is 17.4 Å². The number of aryl methyl sites for hydroxylation is 1. The first-order valence-corrected chi connectivity index (χ1v) is 7.32. The monoisotopic (exact) mass is 336 g/mol. The molecule has 0 atom stereocenters. The number of nitrogens with one attached hydrogen (secondary N) is 1. The summed E-state index contributed by atoms with van der Waals surface area (Å²) in [6.45, 7) is 2.04. The molecule has 2 aromatic carbocycles. The van der Waals surface area contributed by atoms with Gasteiger partial charge in [0.1, 0.15) is 5.82 Å². The van der Waals surface area contributed by atoms with Gasteiger partial charge in [0.25, 0.3) is 0 Å². The number of thiazole rings is 1. The summed E-state index contributed by atoms with van der Waals surface area (Å²) in [6.07, 6.45) is 0. The second-order valence-electron chi connectivity index (χ2n) is 4.24. The highest BCUT2D eigenvalue weighted by molar-refractivity contribution is 9.10. The van der Waals surface area contributed by atoms with Gasteiger partial charge in [-0.3, -0.25) is 0 Å². The Balaban J connectivity index is 1.96. The van der Waals surface area contributed by atoms with E-state index < -0.39 is 0 Å². The minimum absolute atomic E-state index is 0.237. The van der Waals surface area contributed by atoms with Gasteiger partial charge in [-0.25, -0.2) is 9.37 Å². The van der Waals surface area contributed by atoms with Crippen molar-refractivity contribution in [3.63, 3.8) is 0 Å². The number of rotatable bonds is 2. The van der Waals surface area contributed by atoms with E-state index in [0.717, 1.165) is 25.5 Å². The molecule has 1 N–H and O–H groups in total. The highest BCUT2D eigenvalue weighted by atomic mass is 79.9. The first kappa shape index (κ1) is 12.6. The van der Waals surface area contributed by atoms with Crippen LogP contribution in [0.25, 0.3) is 10.2 Å². The fourth-order valence-electron chi connectivity index (χ4n) is 1.79. The van der Waals surface area contributed by atoms with Crippen molar-refractivity contribution >= 4 is 48.3 Å². The summed E-state index contributed by atoms with van der Waals surface area (Å²) in [4.78, 5) is 4.43. The molecule has 0 amide bonds. The van der Waals surface area contributed by atoms with Crippen LogP contribution in [0.3, 0.4) is 0 Å². The molecule has 0 bridgehead atoms. The van der Waals surface area contributed by atoms with Gasteiger partial charge in [0.15, 0.2) is 5.13 Å². The minimum atomic E-state index is -0.237. The number of fused-ring (bicyclic) bond motifs is 1. The van der Waals surface area contributed by atoms with Crippen LogP contribution in [-0.2, 0) is 0 Å². The highest BCUT2D eigenvalue weighted by Crippen LogP contribution is 2.31. The number of nitrogens with zero attached hydrogens (tertiary/aromatic N) is 1. The van der Waals surface area contributed by atoms with Gasteiger partial charge in [0, 0.05) is 4.47 Å². The number of aromatic nitrogens is 1. The lowest BCUT2D eigenvalue weighted by Gasteiger charge is -2.05. The van der Waals surface area contributed by atoms with E-state index in [2.05, 4.69) is 26.2 Å². The molecule has 0 aliphatic rings. The summed E-state index contributed by atoms with van der Waals surface area (Å²) in [5.74, 6) is -0.237. The molecule has 0 saturated carbocycles. The summed E-state index contributed by atoms with van der Waals surface area (Å²) >= 11 is 4.95. The summed E-state index contributed by atoms with van der Waals surface area (Å²) in [5, 5.41) is 4.00. The van der Waals surface area contributed by atoms with Gasteiger partial charge in [-0.15, -0.1) is 0 Å². The van der Waals surface area contributed by atoms with Crippen molar-refractivity contribution in [1.29, 1.82) is 0 Å². The van der Waals surface area contributed by atoms with Crippen molar-refractivity contribution in [2.75, 3.05) is 5.32 Å². The number of anilines is 2. The standard InChI is InChI=1S/C14H10BrFN2S/c1-8-2-4-11(10(15)6-8)17-14-18-12-5-3-9(16)7-13(12)19-14/h2-7H,1H3,(H,17,18). The van der Waals surface area contributed by atoms with Crippen LogP contribution < -0.4 is 5.32 Å². The predicted molar refractivity (Wildman–Crippen MR) is 81.7 cm³/mol. The maximum Gasteiger partial charge on any atom is 0.188 e. The zero-order chi connectivity index (χ0) is 13.4. The van der Waals surface area contributed by atoms with Crippen LogP contribution in [0.5, 0.6) is 0 Å². The van der Waals surface area contributed by atoms with Crippen LogP contribution >= 0.6 is 27.3 Å². The van der Waals surface area contributed by atoms with Gasteiger partial charge in [-0.05, 0) is 58.7 Å². The fourth-order valence-corrected chi connectivity index (χ4v) is 3.28. The molecule has 0 unspecified atom stereocenters. The Morgan fingerprint density at radius 3 is 2.84 bits per heavy atom. The first-order chi connectivity index (χ1) is 9.11. The molecular formula is C14H10BrFN2S. The molecule has 3 rings (SSSR count). The minimum Gasteiger partial charge on any atom is -0.331 e. The Bertz CT molecular complexity index is 754. The van der Waals surface area contributed by atoms with Crippen LogP contribution in [0.1, 0.15) is 5.56 Å². The van der Waals surface area contributed by atoms with E-state index >= 15 is 0 Å². The van der Waals surface area contributed by atoms with Crippen molar-refractivity contribution in [2.45, 2.75) is 6.92 Å². The molecule has 1 heterocycles. The summed E-state index contributed by atoms with van der Waals surface area (Å²) in [5.41, 5.74) is 2.94. The second-order valence-corrected chi connectivity index (χ2v) is 6.12. The topological polar surface area (TPSA) is 24.9 Å². The molecule has 1 aromatic heterocycles. The largest absolute Gasteiger partial charge is 0.331 e. The second kappa shape index (κ2) is 4.90. The van der Waals surface area contributed by atoms with E-state index in [4.69, 9.17) is 0 Å². The first-order valence-electron chi connectivity index (χ1n) is 5.71. The van der Waals surface area contributed by atoms with E-state index in [1.165, 1.54) is 29.0 Å². The molecule has 0 radical (unpaired) electrons. The Hall–Kier alpha value is -1.46. The third-order valence-corrected chi connectivity index (χ3v) is 4.31. The van der Waals surface area contributed by atoms with Gasteiger partial charge < -0.3 is 5.32 Å². The Labute approximate surface area is 122 Å². The molecule has 0 saturated heterocycles. The lowest BCUT2D eigenvalue weighted by atomic mass is 10.2. The lowest BCUT2D eigenvalue weighted by molar-refractivity contribution is 0.630. The molecule has 96 valence electrons. The maximum atomic E-state index is 13.1. The van der Waals surface area contributed by atoms with E-state index in [-0.39, 0.29) is 5.82 Å². The van der Waals surface area contributed by atoms with Crippen molar-refractivity contribution in [1.82, 2.24) is 4.98 Å². The van der Waals surface area contributed by atoms with Crippen LogP contribution in [0, 0.1) is 12.7 Å². The van der Waals surface area contributed by atoms with E-state index in [9.17, 15) is 4.39 Å². The molecule has 0 aliphatic heterocycles. The Morgan fingerprint density at radius 2 is 2.05 bits per heavy atom. The third kappa shape index (κ3) is 2.62. The van der Waals surface area contributed by atoms with Gasteiger partial charge >= 0.3 is 0 Å². The molecule has 5 heteroatoms. The van der Waals surface area contributed by atoms with E-state index in [1.54, 1.807) is 6.07 Å². The van der Waals surface area contributed by atoms with Crippen molar-refractivity contribution in [2.24, 2.45) is 0 Å². The molecule has 2 nitrogen and oxygen atoms in total. The summed E-state index contributed by atoms with van der Waals surface area (Å²) < 4.78 is 15.0. The van der Waals surface area contributed by atoms with Crippen molar-refractivity contribution in [3.05, 3.63) is 52.3 Å². The summed E-state index contributed by atoms with van der Waals surface area (Å²) in [7, 11) is 0. The number of hydrogen-bond donors (Lipinski definition) is 1. The Morgan fingerprint density at radius 1 is 1.21 bits per heavy atom. The zero-order valence-corrected chi connectivity index (χ0v) is 12.5. The van der Waals surface area contributed by atoms with E-state index in [0.29, 0.717) is 0 Å². The quantitative estimate of drug-likeness (QED) is 0.691. The Kier molecular flexibility index (Phi) is 3.24. The van der Waals surface area contributed by atoms with Crippen LogP contribution in [0.4, 0.5) is 15.2 Å². The molecule has 0 aliphatic carbocycles. The average molecular weight is 337 g/mol. The van der Waals surface area contributed by atoms with E-state index in [1.807, 2.05) is 25.1 Å². The third-order valence-electron chi connectivity index (χ3n) is 2.72. The lowest BCUT2D eigenvalue weighted by Crippen LogP contribution is -1.90. The van der Waals surface area contributed by atoms with Gasteiger partial charge in [0.2, 0.25) is 0 Å². The smallest absolute Gasteiger partial charge is 0.188 e. The zero-order valence-electron chi connectivity index (χ0n) is 10.1. The number of benzene rings is 2. The summed E-state index contributed by atoms with van der Waals surface area (Å²) in [6, 6.07) is 10.7. The fraction of sp³-hybridized carbons (Fsp3) is 0.0714. The predicted octanol–water partition coefficient (Wildman–Crippen LogP) is 5.25. The van der Waals surface area contributed by atoms with Gasteiger partial charge in [-0.2, -0.15) is 0 Å². The normalized spacial score (nSPS) is 10.9. The van der Waals surface area contributed by atoms with Crippen LogP contribution in [0.2, 0.25) is 0 Å². The van der Waals surface area contributed by atoms with Gasteiger partial charge in [0.05, 0.1) is 15.9 Å². The van der Waals surface area contributed by atoms with Crippen molar-refractivity contribution in [3.8, 4) is 0 Å². The van der Waals surface area contributed by atoms with Crippen LogP contribution in [-0.4, -0.2) is 4.98 Å². The SMILES string of the molecule is Cc1ccc(Nc2nc3ccc(F)cc3s2)c(Br)c1. The highest BCUT2D eigenvalue weighted by Gasteiger charge is 2.07. The number of hydrogen-bond acceptors (Lipinski definition) is 3. The molecular weight excluding hydrogens is 327 g/mol. The average Bonchev–Trinajstić information content (AvgIpc) is 2.74. The number of halogens is 2.